The smallest absolute Gasteiger partial charge is 0.124 e. The van der Waals surface area contributed by atoms with Crippen LogP contribution in [0.1, 0.15) is 23.1 Å². The predicted molar refractivity (Wildman–Crippen MR) is 72.5 cm³/mol. The van der Waals surface area contributed by atoms with E-state index in [4.69, 9.17) is 17.3 Å². The van der Waals surface area contributed by atoms with Crippen LogP contribution in [0.15, 0.2) is 35.0 Å². The van der Waals surface area contributed by atoms with Crippen molar-refractivity contribution in [1.82, 2.24) is 0 Å². The molecule has 0 bridgehead atoms. The summed E-state index contributed by atoms with van der Waals surface area (Å²) in [5.74, 6) is -0.739. The minimum absolute atomic E-state index is 0.238. The molecule has 2 unspecified atom stereocenters. The molecule has 1 heterocycles. The number of aliphatic hydroxyl groups excluding tert-OH is 1. The van der Waals surface area contributed by atoms with Crippen molar-refractivity contribution < 1.29 is 9.50 Å². The first-order valence-corrected chi connectivity index (χ1v) is 6.80. The van der Waals surface area contributed by atoms with E-state index >= 15 is 0 Å². The number of thiophene rings is 1. The number of nitrogens with two attached hydrogens (primary N) is 1. The van der Waals surface area contributed by atoms with E-state index in [2.05, 4.69) is 0 Å². The van der Waals surface area contributed by atoms with Gasteiger partial charge in [-0.25, -0.2) is 4.39 Å². The van der Waals surface area contributed by atoms with Crippen LogP contribution in [0, 0.1) is 5.82 Å². The molecule has 0 spiro atoms. The van der Waals surface area contributed by atoms with E-state index in [-0.39, 0.29) is 12.5 Å². The highest BCUT2D eigenvalue weighted by molar-refractivity contribution is 7.07. The molecule has 2 atom stereocenters. The van der Waals surface area contributed by atoms with Crippen LogP contribution >= 0.6 is 22.9 Å². The van der Waals surface area contributed by atoms with Crippen LogP contribution in [0.3, 0.4) is 0 Å². The van der Waals surface area contributed by atoms with E-state index in [0.29, 0.717) is 10.6 Å². The Morgan fingerprint density at radius 2 is 2.17 bits per heavy atom. The van der Waals surface area contributed by atoms with Crippen LogP contribution < -0.4 is 5.73 Å². The topological polar surface area (TPSA) is 46.2 Å². The normalized spacial score (nSPS) is 14.4. The molecule has 1 aromatic heterocycles. The Morgan fingerprint density at radius 1 is 1.39 bits per heavy atom. The first-order valence-electron chi connectivity index (χ1n) is 5.48. The van der Waals surface area contributed by atoms with Gasteiger partial charge in [0.05, 0.1) is 6.10 Å². The van der Waals surface area contributed by atoms with Crippen molar-refractivity contribution in [3.05, 3.63) is 57.0 Å². The van der Waals surface area contributed by atoms with E-state index in [0.717, 1.165) is 5.56 Å². The van der Waals surface area contributed by atoms with E-state index in [1.54, 1.807) is 6.07 Å². The molecule has 5 heteroatoms. The molecule has 0 amide bonds. The van der Waals surface area contributed by atoms with Crippen LogP contribution in [-0.2, 0) is 0 Å². The van der Waals surface area contributed by atoms with Crippen molar-refractivity contribution in [1.29, 1.82) is 0 Å². The molecule has 0 aliphatic heterocycles. The van der Waals surface area contributed by atoms with Gasteiger partial charge in [0.1, 0.15) is 5.82 Å². The third-order valence-corrected chi connectivity index (χ3v) is 3.91. The summed E-state index contributed by atoms with van der Waals surface area (Å²) in [5.41, 5.74) is 7.18. The van der Waals surface area contributed by atoms with E-state index < -0.39 is 11.9 Å². The Kier molecular flexibility index (Phi) is 4.35. The SMILES string of the molecule is NCC(c1ccc(F)cc1Cl)C(O)c1ccsc1. The second-order valence-corrected chi connectivity index (χ2v) is 5.20. The van der Waals surface area contributed by atoms with Crippen LogP contribution in [-0.4, -0.2) is 11.7 Å². The summed E-state index contributed by atoms with van der Waals surface area (Å²) < 4.78 is 13.0. The van der Waals surface area contributed by atoms with Gasteiger partial charge in [0.25, 0.3) is 0 Å². The lowest BCUT2D eigenvalue weighted by atomic mass is 9.90. The zero-order chi connectivity index (χ0) is 13.1. The van der Waals surface area contributed by atoms with Crippen LogP contribution in [0.4, 0.5) is 4.39 Å². The summed E-state index contributed by atoms with van der Waals surface area (Å²) in [6.45, 7) is 0.238. The molecule has 3 N–H and O–H groups in total. The van der Waals surface area contributed by atoms with Gasteiger partial charge < -0.3 is 10.8 Å². The van der Waals surface area contributed by atoms with Crippen molar-refractivity contribution in [2.45, 2.75) is 12.0 Å². The number of rotatable bonds is 4. The van der Waals surface area contributed by atoms with Gasteiger partial charge in [-0.3, -0.25) is 0 Å². The third-order valence-electron chi connectivity index (χ3n) is 2.88. The van der Waals surface area contributed by atoms with Crippen molar-refractivity contribution in [3.63, 3.8) is 0 Å². The molecule has 1 aromatic carbocycles. The van der Waals surface area contributed by atoms with Gasteiger partial charge in [-0.05, 0) is 40.1 Å². The molecular weight excluding hydrogens is 273 g/mol. The third kappa shape index (κ3) is 2.72. The van der Waals surface area contributed by atoms with Crippen LogP contribution in [0.25, 0.3) is 0 Å². The van der Waals surface area contributed by atoms with Crippen molar-refractivity contribution in [2.24, 2.45) is 5.73 Å². The maximum absolute atomic E-state index is 13.0. The van der Waals surface area contributed by atoms with Crippen molar-refractivity contribution >= 4 is 22.9 Å². The molecule has 2 rings (SSSR count). The number of hydrogen-bond acceptors (Lipinski definition) is 3. The summed E-state index contributed by atoms with van der Waals surface area (Å²) in [7, 11) is 0. The van der Waals surface area contributed by atoms with Crippen molar-refractivity contribution in [2.75, 3.05) is 6.54 Å². The quantitative estimate of drug-likeness (QED) is 0.905. The van der Waals surface area contributed by atoms with Crippen LogP contribution in [0.2, 0.25) is 5.02 Å². The van der Waals surface area contributed by atoms with E-state index in [9.17, 15) is 9.50 Å². The molecule has 2 aromatic rings. The van der Waals surface area contributed by atoms with Gasteiger partial charge in [-0.15, -0.1) is 0 Å². The Balaban J connectivity index is 2.33. The molecule has 0 aliphatic carbocycles. The molecule has 2 nitrogen and oxygen atoms in total. The second-order valence-electron chi connectivity index (χ2n) is 4.01. The Labute approximate surface area is 114 Å². The second kappa shape index (κ2) is 5.80. The standard InChI is InChI=1S/C13H13ClFNOS/c14-12-5-9(15)1-2-10(12)11(6-16)13(17)8-3-4-18-7-8/h1-5,7,11,13,17H,6,16H2. The lowest BCUT2D eigenvalue weighted by molar-refractivity contribution is 0.148. The number of hydrogen-bond donors (Lipinski definition) is 2. The fourth-order valence-corrected chi connectivity index (χ4v) is 2.90. The first kappa shape index (κ1) is 13.5. The molecule has 0 saturated carbocycles. The fourth-order valence-electron chi connectivity index (χ4n) is 1.90. The lowest BCUT2D eigenvalue weighted by Gasteiger charge is -2.22. The zero-order valence-corrected chi connectivity index (χ0v) is 11.1. The minimum atomic E-state index is -0.732. The largest absolute Gasteiger partial charge is 0.388 e. The van der Waals surface area contributed by atoms with Crippen LogP contribution in [0.5, 0.6) is 0 Å². The highest BCUT2D eigenvalue weighted by Crippen LogP contribution is 2.35. The summed E-state index contributed by atoms with van der Waals surface area (Å²) in [4.78, 5) is 0. The van der Waals surface area contributed by atoms with Gasteiger partial charge in [-0.2, -0.15) is 11.3 Å². The molecule has 96 valence electrons. The zero-order valence-electron chi connectivity index (χ0n) is 9.51. The molecule has 0 aliphatic rings. The lowest BCUT2D eigenvalue weighted by Crippen LogP contribution is -2.20. The maximum atomic E-state index is 13.0. The molecule has 18 heavy (non-hydrogen) atoms. The highest BCUT2D eigenvalue weighted by Gasteiger charge is 2.24. The van der Waals surface area contributed by atoms with E-state index in [1.165, 1.54) is 23.5 Å². The number of aliphatic hydroxyl groups is 1. The molecule has 0 radical (unpaired) electrons. The monoisotopic (exact) mass is 285 g/mol. The maximum Gasteiger partial charge on any atom is 0.124 e. The van der Waals surface area contributed by atoms with E-state index in [1.807, 2.05) is 16.8 Å². The Hall–Kier alpha value is -0.940. The van der Waals surface area contributed by atoms with Gasteiger partial charge >= 0.3 is 0 Å². The number of benzene rings is 1. The molecule has 0 saturated heterocycles. The number of halogens is 2. The highest BCUT2D eigenvalue weighted by atomic mass is 35.5. The Bertz CT molecular complexity index is 518. The minimum Gasteiger partial charge on any atom is -0.388 e. The summed E-state index contributed by atoms with van der Waals surface area (Å²) in [6, 6.07) is 5.98. The van der Waals surface area contributed by atoms with Gasteiger partial charge in [0, 0.05) is 17.5 Å². The van der Waals surface area contributed by atoms with Gasteiger partial charge in [-0.1, -0.05) is 17.7 Å². The van der Waals surface area contributed by atoms with Gasteiger partial charge in [0.2, 0.25) is 0 Å². The summed E-state index contributed by atoms with van der Waals surface area (Å²) >= 11 is 7.51. The summed E-state index contributed by atoms with van der Waals surface area (Å²) in [5, 5.41) is 14.3. The molecule has 0 fully saturated rings. The molecular formula is C13H13ClFNOS. The first-order chi connectivity index (χ1) is 8.63. The van der Waals surface area contributed by atoms with Crippen molar-refractivity contribution in [3.8, 4) is 0 Å². The Morgan fingerprint density at radius 3 is 2.72 bits per heavy atom. The average Bonchev–Trinajstić information content (AvgIpc) is 2.86. The van der Waals surface area contributed by atoms with Gasteiger partial charge in [0.15, 0.2) is 0 Å². The fraction of sp³-hybridized carbons (Fsp3) is 0.231. The predicted octanol–water partition coefficient (Wildman–Crippen LogP) is 3.32. The average molecular weight is 286 g/mol. The summed E-state index contributed by atoms with van der Waals surface area (Å²) in [6.07, 6.45) is -0.732.